The fourth-order valence-corrected chi connectivity index (χ4v) is 4.85. The SMILES string of the molecule is CNCCn1nc2c3c(c(OS(=O)(=O)c4ccc(C)cc4)ccc31)C(=O)c1ccncc1-2. The number of nitrogens with one attached hydrogen (secondary N) is 1. The lowest BCUT2D eigenvalue weighted by Crippen LogP contribution is -2.16. The van der Waals surface area contributed by atoms with E-state index in [2.05, 4.69) is 10.3 Å². The Morgan fingerprint density at radius 3 is 2.59 bits per heavy atom. The first-order chi connectivity index (χ1) is 15.4. The second kappa shape index (κ2) is 7.54. The molecule has 0 spiro atoms. The van der Waals surface area contributed by atoms with Crippen molar-refractivity contribution in [3.8, 4) is 17.0 Å². The lowest BCUT2D eigenvalue weighted by molar-refractivity contribution is 0.103. The van der Waals surface area contributed by atoms with E-state index in [1.165, 1.54) is 24.4 Å². The van der Waals surface area contributed by atoms with Gasteiger partial charge in [-0.25, -0.2) is 0 Å². The maximum absolute atomic E-state index is 13.5. The maximum atomic E-state index is 13.5. The molecule has 0 atom stereocenters. The van der Waals surface area contributed by atoms with Gasteiger partial charge in [-0.1, -0.05) is 17.7 Å². The van der Waals surface area contributed by atoms with Crippen molar-refractivity contribution < 1.29 is 17.4 Å². The van der Waals surface area contributed by atoms with Crippen LogP contribution in [-0.4, -0.2) is 42.6 Å². The summed E-state index contributed by atoms with van der Waals surface area (Å²) in [5.41, 5.74) is 3.48. The fourth-order valence-electron chi connectivity index (χ4n) is 3.91. The smallest absolute Gasteiger partial charge is 0.339 e. The third-order valence-corrected chi connectivity index (χ3v) is 6.76. The topological polar surface area (TPSA) is 103 Å². The Morgan fingerprint density at radius 2 is 1.84 bits per heavy atom. The highest BCUT2D eigenvalue weighted by Gasteiger charge is 2.33. The maximum Gasteiger partial charge on any atom is 0.339 e. The number of carbonyl (C=O) groups is 1. The first-order valence-electron chi connectivity index (χ1n) is 10.1. The van der Waals surface area contributed by atoms with Gasteiger partial charge in [0.1, 0.15) is 10.6 Å². The second-order valence-electron chi connectivity index (χ2n) is 7.61. The molecule has 2 heterocycles. The predicted octanol–water partition coefficient (Wildman–Crippen LogP) is 2.94. The molecule has 0 fully saturated rings. The molecule has 8 nitrogen and oxygen atoms in total. The third kappa shape index (κ3) is 3.17. The van der Waals surface area contributed by atoms with Gasteiger partial charge in [0.05, 0.1) is 17.6 Å². The van der Waals surface area contributed by atoms with Gasteiger partial charge in [-0.05, 0) is 44.3 Å². The van der Waals surface area contributed by atoms with E-state index in [1.807, 2.05) is 14.0 Å². The van der Waals surface area contributed by atoms with Gasteiger partial charge in [-0.15, -0.1) is 0 Å². The number of hydrogen-bond donors (Lipinski definition) is 1. The molecule has 4 aromatic rings. The number of fused-ring (bicyclic) bond motifs is 2. The number of hydrogen-bond acceptors (Lipinski definition) is 7. The van der Waals surface area contributed by atoms with Gasteiger partial charge in [0.2, 0.25) is 0 Å². The van der Waals surface area contributed by atoms with Crippen LogP contribution in [0.25, 0.3) is 22.2 Å². The monoisotopic (exact) mass is 448 g/mol. The van der Waals surface area contributed by atoms with Crippen molar-refractivity contribution in [3.63, 3.8) is 0 Å². The van der Waals surface area contributed by atoms with E-state index < -0.39 is 10.1 Å². The summed E-state index contributed by atoms with van der Waals surface area (Å²) >= 11 is 0. The highest BCUT2D eigenvalue weighted by Crippen LogP contribution is 2.42. The summed E-state index contributed by atoms with van der Waals surface area (Å²) in [6, 6.07) is 11.2. The van der Waals surface area contributed by atoms with Crippen LogP contribution in [0.15, 0.2) is 59.8 Å². The zero-order chi connectivity index (χ0) is 22.5. The Hall–Kier alpha value is -3.56. The highest BCUT2D eigenvalue weighted by atomic mass is 32.2. The van der Waals surface area contributed by atoms with Crippen molar-refractivity contribution >= 4 is 26.8 Å². The summed E-state index contributed by atoms with van der Waals surface area (Å²) in [7, 11) is -2.28. The number of aromatic nitrogens is 3. The zero-order valence-corrected chi connectivity index (χ0v) is 18.3. The van der Waals surface area contributed by atoms with Gasteiger partial charge in [0.25, 0.3) is 0 Å². The molecule has 0 radical (unpaired) electrons. The van der Waals surface area contributed by atoms with Crippen LogP contribution < -0.4 is 9.50 Å². The van der Waals surface area contributed by atoms with Crippen molar-refractivity contribution in [1.82, 2.24) is 20.1 Å². The standard InChI is InChI=1S/C23H20N4O4S/c1-14-3-5-15(6-4-14)32(29,30)31-19-8-7-18-20-21(19)23(28)16-9-10-25-13-17(16)22(20)26-27(18)12-11-24-2/h3-10,13,24H,11-12H2,1-2H3. The molecule has 1 aliphatic rings. The number of rotatable bonds is 6. The van der Waals surface area contributed by atoms with E-state index in [-0.39, 0.29) is 22.0 Å². The number of likely N-dealkylation sites (N-methyl/N-ethyl adjacent to an activating group) is 1. The Balaban J connectivity index is 1.71. The van der Waals surface area contributed by atoms with E-state index in [0.717, 1.165) is 11.1 Å². The molecule has 32 heavy (non-hydrogen) atoms. The van der Waals surface area contributed by atoms with E-state index in [1.54, 1.807) is 35.1 Å². The van der Waals surface area contributed by atoms with Gasteiger partial charge in [0, 0.05) is 35.5 Å². The zero-order valence-electron chi connectivity index (χ0n) is 17.5. The molecule has 162 valence electrons. The van der Waals surface area contributed by atoms with E-state index in [9.17, 15) is 13.2 Å². The molecule has 0 bridgehead atoms. The number of pyridine rings is 1. The minimum absolute atomic E-state index is 0.0139. The van der Waals surface area contributed by atoms with Crippen molar-refractivity contribution in [2.75, 3.05) is 13.6 Å². The van der Waals surface area contributed by atoms with Crippen LogP contribution in [0, 0.1) is 6.92 Å². The van der Waals surface area contributed by atoms with E-state index in [0.29, 0.717) is 35.3 Å². The Bertz CT molecular complexity index is 1470. The number of carbonyl (C=O) groups excluding carboxylic acids is 1. The second-order valence-corrected chi connectivity index (χ2v) is 9.16. The first kappa shape index (κ1) is 20.3. The minimum Gasteiger partial charge on any atom is -0.378 e. The molecular formula is C23H20N4O4S. The molecule has 0 saturated carbocycles. The number of aryl methyl sites for hydroxylation is 1. The number of nitrogens with zero attached hydrogens (tertiary/aromatic N) is 3. The molecule has 5 rings (SSSR count). The molecule has 0 saturated heterocycles. The fraction of sp³-hybridized carbons (Fsp3) is 0.174. The first-order valence-corrected chi connectivity index (χ1v) is 11.5. The van der Waals surface area contributed by atoms with Gasteiger partial charge in [0.15, 0.2) is 11.5 Å². The molecule has 1 N–H and O–H groups in total. The van der Waals surface area contributed by atoms with Crippen molar-refractivity contribution in [3.05, 3.63) is 71.5 Å². The van der Waals surface area contributed by atoms with Gasteiger partial charge in [-0.3, -0.25) is 14.5 Å². The molecule has 0 aliphatic heterocycles. The summed E-state index contributed by atoms with van der Waals surface area (Å²) in [5.74, 6) is -0.331. The summed E-state index contributed by atoms with van der Waals surface area (Å²) in [4.78, 5) is 17.6. The largest absolute Gasteiger partial charge is 0.378 e. The molecule has 0 unspecified atom stereocenters. The summed E-state index contributed by atoms with van der Waals surface area (Å²) in [5, 5.41) is 8.38. The highest BCUT2D eigenvalue weighted by molar-refractivity contribution is 7.87. The molecule has 1 aliphatic carbocycles. The van der Waals surface area contributed by atoms with Gasteiger partial charge >= 0.3 is 10.1 Å². The van der Waals surface area contributed by atoms with Crippen LogP contribution >= 0.6 is 0 Å². The predicted molar refractivity (Wildman–Crippen MR) is 119 cm³/mol. The van der Waals surface area contributed by atoms with Crippen LogP contribution in [0.2, 0.25) is 0 Å². The molecule has 0 amide bonds. The average Bonchev–Trinajstić information content (AvgIpc) is 3.15. The summed E-state index contributed by atoms with van der Waals surface area (Å²) in [6.07, 6.45) is 3.14. The van der Waals surface area contributed by atoms with E-state index in [4.69, 9.17) is 9.28 Å². The van der Waals surface area contributed by atoms with Crippen LogP contribution in [0.1, 0.15) is 21.5 Å². The molecule has 2 aromatic carbocycles. The normalized spacial score (nSPS) is 12.8. The third-order valence-electron chi connectivity index (χ3n) is 5.51. The molecule has 9 heteroatoms. The molecular weight excluding hydrogens is 428 g/mol. The quantitative estimate of drug-likeness (QED) is 0.398. The van der Waals surface area contributed by atoms with Crippen molar-refractivity contribution in [1.29, 1.82) is 0 Å². The number of benzene rings is 2. The van der Waals surface area contributed by atoms with Crippen LogP contribution in [0.3, 0.4) is 0 Å². The molecule has 2 aromatic heterocycles. The van der Waals surface area contributed by atoms with Crippen molar-refractivity contribution in [2.45, 2.75) is 18.4 Å². The Morgan fingerprint density at radius 1 is 1.06 bits per heavy atom. The Labute approximate surface area is 185 Å². The summed E-state index contributed by atoms with van der Waals surface area (Å²) < 4.78 is 33.2. The van der Waals surface area contributed by atoms with Crippen LogP contribution in [0.5, 0.6) is 5.75 Å². The van der Waals surface area contributed by atoms with E-state index >= 15 is 0 Å². The van der Waals surface area contributed by atoms with Gasteiger partial charge in [-0.2, -0.15) is 13.5 Å². The summed E-state index contributed by atoms with van der Waals surface area (Å²) in [6.45, 7) is 3.13. The van der Waals surface area contributed by atoms with Crippen LogP contribution in [-0.2, 0) is 16.7 Å². The van der Waals surface area contributed by atoms with Gasteiger partial charge < -0.3 is 9.50 Å². The van der Waals surface area contributed by atoms with Crippen molar-refractivity contribution in [2.24, 2.45) is 0 Å². The minimum atomic E-state index is -4.13. The lowest BCUT2D eigenvalue weighted by atomic mass is 9.88. The Kier molecular flexibility index (Phi) is 4.79. The lowest BCUT2D eigenvalue weighted by Gasteiger charge is -2.17. The average molecular weight is 449 g/mol. The van der Waals surface area contributed by atoms with Crippen LogP contribution in [0.4, 0.5) is 0 Å². The number of ketones is 1.